The molecule has 4 rings (SSSR count). The van der Waals surface area contributed by atoms with Gasteiger partial charge in [0.25, 0.3) is 5.91 Å². The van der Waals surface area contributed by atoms with Crippen LogP contribution in [0.25, 0.3) is 11.0 Å². The third kappa shape index (κ3) is 2.79. The van der Waals surface area contributed by atoms with Gasteiger partial charge in [0.2, 0.25) is 0 Å². The van der Waals surface area contributed by atoms with Crippen LogP contribution in [0.3, 0.4) is 0 Å². The summed E-state index contributed by atoms with van der Waals surface area (Å²) in [6.07, 6.45) is 0. The van der Waals surface area contributed by atoms with Crippen LogP contribution in [0.15, 0.2) is 42.5 Å². The van der Waals surface area contributed by atoms with E-state index in [9.17, 15) is 4.79 Å². The molecule has 0 N–H and O–H groups in total. The van der Waals surface area contributed by atoms with Gasteiger partial charge in [0.1, 0.15) is 0 Å². The maximum absolute atomic E-state index is 13.0. The molecular weight excluding hydrogens is 359 g/mol. The lowest BCUT2D eigenvalue weighted by atomic mass is 10.1. The number of likely N-dealkylation sites (N-methyl/N-ethyl adjacent to an activating group) is 1. The molecule has 0 fully saturated rings. The number of benzene rings is 2. The Balaban J connectivity index is 1.83. The highest BCUT2D eigenvalue weighted by molar-refractivity contribution is 6.37. The highest BCUT2D eigenvalue weighted by atomic mass is 35.5. The average molecular weight is 373 g/mol. The van der Waals surface area contributed by atoms with E-state index in [2.05, 4.69) is 9.97 Å². The number of anilines is 2. The van der Waals surface area contributed by atoms with Gasteiger partial charge in [-0.1, -0.05) is 35.3 Å². The third-order valence-corrected chi connectivity index (χ3v) is 4.77. The zero-order valence-electron chi connectivity index (χ0n) is 13.4. The molecule has 1 aliphatic rings. The number of para-hydroxylation sites is 2. The number of nitrogens with zero attached hydrogens (tertiary/aromatic N) is 4. The maximum atomic E-state index is 13.0. The number of hydrogen-bond acceptors (Lipinski definition) is 4. The van der Waals surface area contributed by atoms with Crippen LogP contribution in [0.4, 0.5) is 11.6 Å². The molecule has 1 amide bonds. The molecule has 0 spiro atoms. The summed E-state index contributed by atoms with van der Waals surface area (Å²) in [5.74, 6) is 1.02. The van der Waals surface area contributed by atoms with Crippen molar-refractivity contribution in [1.82, 2.24) is 9.97 Å². The number of aromatic nitrogens is 2. The number of amides is 1. The summed E-state index contributed by atoms with van der Waals surface area (Å²) in [6, 6.07) is 12.5. The predicted molar refractivity (Wildman–Crippen MR) is 101 cm³/mol. The third-order valence-electron chi connectivity index (χ3n) is 4.22. The molecule has 0 saturated heterocycles. The molecule has 1 aliphatic heterocycles. The van der Waals surface area contributed by atoms with Gasteiger partial charge in [-0.15, -0.1) is 0 Å². The van der Waals surface area contributed by atoms with Gasteiger partial charge in [0, 0.05) is 25.2 Å². The Kier molecular flexibility index (Phi) is 3.98. The summed E-state index contributed by atoms with van der Waals surface area (Å²) in [5.41, 5.74) is 1.94. The van der Waals surface area contributed by atoms with Gasteiger partial charge < -0.3 is 4.90 Å². The number of hydrogen-bond donors (Lipinski definition) is 0. The van der Waals surface area contributed by atoms with Crippen molar-refractivity contribution < 1.29 is 4.79 Å². The van der Waals surface area contributed by atoms with Crippen molar-refractivity contribution in [3.8, 4) is 0 Å². The fraction of sp³-hybridized carbons (Fsp3) is 0.167. The van der Waals surface area contributed by atoms with Gasteiger partial charge in [0.05, 0.1) is 21.6 Å². The fourth-order valence-corrected chi connectivity index (χ4v) is 3.38. The molecule has 0 atom stereocenters. The van der Waals surface area contributed by atoms with Crippen molar-refractivity contribution in [2.24, 2.45) is 0 Å². The maximum Gasteiger partial charge on any atom is 0.261 e. The van der Waals surface area contributed by atoms with E-state index in [0.717, 1.165) is 11.0 Å². The largest absolute Gasteiger partial charge is 0.355 e. The van der Waals surface area contributed by atoms with Crippen molar-refractivity contribution in [1.29, 1.82) is 0 Å². The minimum atomic E-state index is -0.208. The molecule has 7 heteroatoms. The minimum absolute atomic E-state index is 0.208. The summed E-state index contributed by atoms with van der Waals surface area (Å²) in [5, 5.41) is 0.817. The molecular formula is C18H14Cl2N4O. The predicted octanol–water partition coefficient (Wildman–Crippen LogP) is 4.03. The molecule has 0 saturated carbocycles. The van der Waals surface area contributed by atoms with Crippen LogP contribution in [0.5, 0.6) is 0 Å². The second-order valence-electron chi connectivity index (χ2n) is 5.86. The molecule has 5 nitrogen and oxygen atoms in total. The summed E-state index contributed by atoms with van der Waals surface area (Å²) in [7, 11) is 1.94. The molecule has 2 aromatic carbocycles. The van der Waals surface area contributed by atoms with Gasteiger partial charge >= 0.3 is 0 Å². The van der Waals surface area contributed by atoms with Gasteiger partial charge in [-0.2, -0.15) is 0 Å². The van der Waals surface area contributed by atoms with Gasteiger partial charge in [-0.3, -0.25) is 9.69 Å². The molecule has 126 valence electrons. The zero-order valence-corrected chi connectivity index (χ0v) is 14.9. The Bertz CT molecular complexity index is 992. The van der Waals surface area contributed by atoms with Crippen molar-refractivity contribution >= 4 is 51.8 Å². The second kappa shape index (κ2) is 6.17. The Labute approximate surface area is 154 Å². The van der Waals surface area contributed by atoms with Crippen LogP contribution in [0, 0.1) is 0 Å². The van der Waals surface area contributed by atoms with E-state index in [1.807, 2.05) is 36.2 Å². The average Bonchev–Trinajstić information content (AvgIpc) is 2.60. The molecule has 0 unspecified atom stereocenters. The Morgan fingerprint density at radius 3 is 2.36 bits per heavy atom. The molecule has 2 heterocycles. The number of carbonyl (C=O) groups excluding carboxylic acids is 1. The van der Waals surface area contributed by atoms with Crippen LogP contribution >= 0.6 is 23.2 Å². The lowest BCUT2D eigenvalue weighted by Gasteiger charge is -2.33. The molecule has 3 aromatic rings. The van der Waals surface area contributed by atoms with Gasteiger partial charge in [0.15, 0.2) is 11.6 Å². The summed E-state index contributed by atoms with van der Waals surface area (Å²) >= 11 is 12.2. The number of halogens is 2. The van der Waals surface area contributed by atoms with Crippen molar-refractivity contribution in [3.63, 3.8) is 0 Å². The first-order chi connectivity index (χ1) is 12.0. The molecule has 0 radical (unpaired) electrons. The van der Waals surface area contributed by atoms with Crippen LogP contribution in [-0.2, 0) is 0 Å². The lowest BCUT2D eigenvalue weighted by molar-refractivity contribution is 0.0986. The zero-order chi connectivity index (χ0) is 17.6. The van der Waals surface area contributed by atoms with E-state index in [-0.39, 0.29) is 5.91 Å². The number of rotatable bonds is 1. The van der Waals surface area contributed by atoms with E-state index >= 15 is 0 Å². The number of fused-ring (bicyclic) bond motifs is 2. The first-order valence-corrected chi connectivity index (χ1v) is 8.55. The van der Waals surface area contributed by atoms with Crippen LogP contribution in [0.1, 0.15) is 10.4 Å². The molecule has 0 aliphatic carbocycles. The van der Waals surface area contributed by atoms with E-state index in [0.29, 0.717) is 40.3 Å². The molecule has 25 heavy (non-hydrogen) atoms. The van der Waals surface area contributed by atoms with Crippen molar-refractivity contribution in [2.75, 3.05) is 29.9 Å². The first kappa shape index (κ1) is 16.1. The summed E-state index contributed by atoms with van der Waals surface area (Å²) < 4.78 is 0. The number of carbonyl (C=O) groups is 1. The normalized spacial score (nSPS) is 13.9. The van der Waals surface area contributed by atoms with Crippen LogP contribution < -0.4 is 9.80 Å². The highest BCUT2D eigenvalue weighted by Gasteiger charge is 2.30. The van der Waals surface area contributed by atoms with Gasteiger partial charge in [-0.05, 0) is 30.3 Å². The topological polar surface area (TPSA) is 49.3 Å². The van der Waals surface area contributed by atoms with Crippen LogP contribution in [-0.4, -0.2) is 36.0 Å². The molecule has 1 aromatic heterocycles. The van der Waals surface area contributed by atoms with Crippen molar-refractivity contribution in [3.05, 3.63) is 58.1 Å². The van der Waals surface area contributed by atoms with Gasteiger partial charge in [-0.25, -0.2) is 9.97 Å². The minimum Gasteiger partial charge on any atom is -0.355 e. The van der Waals surface area contributed by atoms with Crippen LogP contribution in [0.2, 0.25) is 10.0 Å². The lowest BCUT2D eigenvalue weighted by Crippen LogP contribution is -2.43. The Morgan fingerprint density at radius 2 is 1.68 bits per heavy atom. The smallest absolute Gasteiger partial charge is 0.261 e. The van der Waals surface area contributed by atoms with Crippen molar-refractivity contribution in [2.45, 2.75) is 0 Å². The Morgan fingerprint density at radius 1 is 1.00 bits per heavy atom. The SMILES string of the molecule is CN1CCN(C(=O)c2ccc(Cl)cc2Cl)c2nc3ccccc3nc21. The summed E-state index contributed by atoms with van der Waals surface area (Å²) in [4.78, 5) is 26.0. The van der Waals surface area contributed by atoms with E-state index in [1.54, 1.807) is 23.1 Å². The monoisotopic (exact) mass is 372 g/mol. The molecule has 0 bridgehead atoms. The standard InChI is InChI=1S/C18H14Cl2N4O/c1-23-8-9-24(18(25)12-7-6-11(19)10-13(12)20)17-16(23)21-14-4-2-3-5-15(14)22-17/h2-7,10H,8-9H2,1H3. The Hall–Kier alpha value is -2.37. The van der Waals surface area contributed by atoms with E-state index in [1.165, 1.54) is 0 Å². The van der Waals surface area contributed by atoms with E-state index in [4.69, 9.17) is 23.2 Å². The fourth-order valence-electron chi connectivity index (χ4n) is 2.89. The first-order valence-electron chi connectivity index (χ1n) is 7.79. The summed E-state index contributed by atoms with van der Waals surface area (Å²) in [6.45, 7) is 1.17. The second-order valence-corrected chi connectivity index (χ2v) is 6.71. The highest BCUT2D eigenvalue weighted by Crippen LogP contribution is 2.32. The van der Waals surface area contributed by atoms with E-state index < -0.39 is 0 Å². The quantitative estimate of drug-likeness (QED) is 0.646.